The number of hydrogen-bond donors (Lipinski definition) is 4. The first kappa shape index (κ1) is 32.2. The molecule has 0 spiro atoms. The maximum atomic E-state index is 11.8. The van der Waals surface area contributed by atoms with Gasteiger partial charge in [-0.1, -0.05) is 92.0 Å². The van der Waals surface area contributed by atoms with Crippen molar-refractivity contribution >= 4 is 0 Å². The number of rotatable bonds is 16. The van der Waals surface area contributed by atoms with Crippen molar-refractivity contribution in [1.82, 2.24) is 0 Å². The van der Waals surface area contributed by atoms with Gasteiger partial charge in [-0.15, -0.1) is 0 Å². The number of phenolic OH excluding ortho intramolecular Hbond substituents is 2. The van der Waals surface area contributed by atoms with Gasteiger partial charge in [0.15, 0.2) is 0 Å². The molecule has 0 bridgehead atoms. The van der Waals surface area contributed by atoms with Crippen molar-refractivity contribution < 1.29 is 20.4 Å². The molecule has 0 amide bonds. The zero-order valence-electron chi connectivity index (χ0n) is 25.2. The highest BCUT2D eigenvalue weighted by Crippen LogP contribution is 2.47. The Morgan fingerprint density at radius 3 is 1.39 bits per heavy atom. The van der Waals surface area contributed by atoms with E-state index in [0.29, 0.717) is 24.3 Å². The first-order valence-electron chi connectivity index (χ1n) is 14.9. The first-order valence-corrected chi connectivity index (χ1v) is 14.9. The minimum atomic E-state index is -0.206. The van der Waals surface area contributed by atoms with Crippen molar-refractivity contribution in [3.8, 4) is 11.5 Å². The minimum Gasteiger partial charge on any atom is -0.507 e. The topological polar surface area (TPSA) is 80.9 Å². The quantitative estimate of drug-likeness (QED) is 0.167. The predicted molar refractivity (Wildman–Crippen MR) is 160 cm³/mol. The van der Waals surface area contributed by atoms with Crippen LogP contribution < -0.4 is 0 Å². The van der Waals surface area contributed by atoms with E-state index < -0.39 is 0 Å². The fraction of sp³-hybridized carbons (Fsp3) is 0.647. The first-order chi connectivity index (χ1) is 18.0. The summed E-state index contributed by atoms with van der Waals surface area (Å²) in [6.45, 7) is 15.4. The van der Waals surface area contributed by atoms with E-state index in [1.807, 2.05) is 0 Å². The molecule has 0 saturated carbocycles. The number of aromatic hydroxyl groups is 2. The van der Waals surface area contributed by atoms with Crippen LogP contribution in [0.5, 0.6) is 11.5 Å². The fourth-order valence-corrected chi connectivity index (χ4v) is 5.31. The van der Waals surface area contributed by atoms with E-state index in [2.05, 4.69) is 72.7 Å². The highest BCUT2D eigenvalue weighted by atomic mass is 16.3. The predicted octanol–water partition coefficient (Wildman–Crippen LogP) is 8.04. The van der Waals surface area contributed by atoms with Crippen LogP contribution in [0.2, 0.25) is 0 Å². The third-order valence-corrected chi connectivity index (χ3v) is 8.72. The molecular formula is C34H54O4. The van der Waals surface area contributed by atoms with E-state index >= 15 is 0 Å². The van der Waals surface area contributed by atoms with Gasteiger partial charge >= 0.3 is 0 Å². The Labute approximate surface area is 232 Å². The van der Waals surface area contributed by atoms with Crippen molar-refractivity contribution in [2.75, 3.05) is 13.2 Å². The number of aliphatic hydroxyl groups excluding tert-OH is 2. The number of phenols is 2. The zero-order valence-corrected chi connectivity index (χ0v) is 25.2. The Hall–Kier alpha value is -2.04. The Morgan fingerprint density at radius 2 is 1.05 bits per heavy atom. The molecule has 0 fully saturated rings. The molecule has 2 aromatic rings. The van der Waals surface area contributed by atoms with Gasteiger partial charge in [0.25, 0.3) is 0 Å². The van der Waals surface area contributed by atoms with Crippen molar-refractivity contribution in [3.63, 3.8) is 0 Å². The summed E-state index contributed by atoms with van der Waals surface area (Å²) >= 11 is 0. The number of hydrogen-bond acceptors (Lipinski definition) is 4. The molecule has 4 nitrogen and oxygen atoms in total. The van der Waals surface area contributed by atoms with Gasteiger partial charge in [-0.05, 0) is 66.9 Å². The van der Waals surface area contributed by atoms with Crippen LogP contribution in [0.3, 0.4) is 0 Å². The molecule has 4 N–H and O–H groups in total. The second kappa shape index (κ2) is 14.4. The Bertz CT molecular complexity index is 944. The number of unbranched alkanes of at least 4 members (excludes halogenated alkanes) is 2. The second-order valence-corrected chi connectivity index (χ2v) is 12.3. The van der Waals surface area contributed by atoms with Crippen LogP contribution in [-0.2, 0) is 23.7 Å². The molecule has 4 heteroatoms. The molecule has 0 heterocycles. The third kappa shape index (κ3) is 7.76. The van der Waals surface area contributed by atoms with Crippen molar-refractivity contribution in [3.05, 3.63) is 57.6 Å². The summed E-state index contributed by atoms with van der Waals surface area (Å²) in [4.78, 5) is 0. The van der Waals surface area contributed by atoms with Crippen LogP contribution in [0.1, 0.15) is 139 Å². The van der Waals surface area contributed by atoms with Gasteiger partial charge in [0.1, 0.15) is 11.5 Å². The Morgan fingerprint density at radius 1 is 0.632 bits per heavy atom. The lowest BCUT2D eigenvalue weighted by molar-refractivity contribution is 0.288. The monoisotopic (exact) mass is 526 g/mol. The van der Waals surface area contributed by atoms with Crippen LogP contribution in [0.4, 0.5) is 0 Å². The van der Waals surface area contributed by atoms with Gasteiger partial charge in [0.05, 0.1) is 0 Å². The maximum absolute atomic E-state index is 11.8. The van der Waals surface area contributed by atoms with Gasteiger partial charge in [0, 0.05) is 41.4 Å². The molecule has 0 aliphatic carbocycles. The lowest BCUT2D eigenvalue weighted by Crippen LogP contribution is -2.19. The van der Waals surface area contributed by atoms with Gasteiger partial charge in [-0.25, -0.2) is 0 Å². The summed E-state index contributed by atoms with van der Waals surface area (Å²) in [5.74, 6) is 0.521. The van der Waals surface area contributed by atoms with Crippen molar-refractivity contribution in [2.24, 2.45) is 0 Å². The van der Waals surface area contributed by atoms with E-state index in [4.69, 9.17) is 0 Å². The molecule has 0 aliphatic rings. The summed E-state index contributed by atoms with van der Waals surface area (Å²) in [5, 5.41) is 42.7. The van der Waals surface area contributed by atoms with Crippen LogP contribution in [-0.4, -0.2) is 33.6 Å². The molecule has 214 valence electrons. The summed E-state index contributed by atoms with van der Waals surface area (Å²) in [7, 11) is 0. The highest BCUT2D eigenvalue weighted by Gasteiger charge is 2.31. The van der Waals surface area contributed by atoms with E-state index in [1.165, 1.54) is 0 Å². The summed E-state index contributed by atoms with van der Waals surface area (Å²) in [6.07, 6.45) is 8.64. The SMILES string of the molecule is CCCCCC(c1cc(CCCO)cc(C(C)(C)CC)c1O)c1cc(CCCO)cc(C(C)(C)CC)c1O. The molecule has 0 aromatic heterocycles. The number of aliphatic hydroxyl groups is 2. The van der Waals surface area contributed by atoms with E-state index in [-0.39, 0.29) is 30.0 Å². The fourth-order valence-electron chi connectivity index (χ4n) is 5.31. The van der Waals surface area contributed by atoms with Gasteiger partial charge in [-0.2, -0.15) is 0 Å². The highest BCUT2D eigenvalue weighted by molar-refractivity contribution is 5.56. The largest absolute Gasteiger partial charge is 0.507 e. The van der Waals surface area contributed by atoms with E-state index in [9.17, 15) is 20.4 Å². The van der Waals surface area contributed by atoms with E-state index in [1.54, 1.807) is 0 Å². The van der Waals surface area contributed by atoms with Gasteiger partial charge in [-0.3, -0.25) is 0 Å². The second-order valence-electron chi connectivity index (χ2n) is 12.3. The number of aryl methyl sites for hydroxylation is 2. The molecular weight excluding hydrogens is 472 g/mol. The normalized spacial score (nSPS) is 12.5. The molecule has 0 saturated heterocycles. The van der Waals surface area contributed by atoms with Crippen LogP contribution in [0.15, 0.2) is 24.3 Å². The van der Waals surface area contributed by atoms with Crippen LogP contribution >= 0.6 is 0 Å². The molecule has 0 radical (unpaired) electrons. The maximum Gasteiger partial charge on any atom is 0.123 e. The van der Waals surface area contributed by atoms with E-state index in [0.717, 1.165) is 84.7 Å². The zero-order chi connectivity index (χ0) is 28.5. The third-order valence-electron chi connectivity index (χ3n) is 8.72. The molecule has 2 aromatic carbocycles. The smallest absolute Gasteiger partial charge is 0.123 e. The Kier molecular flexibility index (Phi) is 12.2. The Balaban J connectivity index is 2.88. The van der Waals surface area contributed by atoms with Crippen molar-refractivity contribution in [2.45, 2.75) is 129 Å². The molecule has 2 rings (SSSR count). The lowest BCUT2D eigenvalue weighted by Gasteiger charge is -2.31. The summed E-state index contributed by atoms with van der Waals surface area (Å²) in [5.41, 5.74) is 5.46. The van der Waals surface area contributed by atoms with Crippen LogP contribution in [0.25, 0.3) is 0 Å². The van der Waals surface area contributed by atoms with Crippen molar-refractivity contribution in [1.29, 1.82) is 0 Å². The average molecular weight is 527 g/mol. The standard InChI is InChI=1S/C34H54O4/c1-8-11-12-17-26(27-20-24(15-13-18-35)22-29(31(27)37)33(4,5)9-2)28-21-25(16-14-19-36)23-30(32(28)38)34(6,7)10-3/h20-23,26,35-38H,8-19H2,1-7H3. The van der Waals surface area contributed by atoms with Gasteiger partial charge in [0.2, 0.25) is 0 Å². The molecule has 0 unspecified atom stereocenters. The number of benzene rings is 2. The lowest BCUT2D eigenvalue weighted by atomic mass is 9.74. The molecule has 38 heavy (non-hydrogen) atoms. The summed E-state index contributed by atoms with van der Waals surface area (Å²) < 4.78 is 0. The minimum absolute atomic E-state index is 0.131. The summed E-state index contributed by atoms with van der Waals surface area (Å²) in [6, 6.07) is 8.46. The average Bonchev–Trinajstić information content (AvgIpc) is 2.90. The van der Waals surface area contributed by atoms with Crippen LogP contribution in [0, 0.1) is 0 Å². The molecule has 0 atom stereocenters. The van der Waals surface area contributed by atoms with Gasteiger partial charge < -0.3 is 20.4 Å². The molecule has 0 aliphatic heterocycles.